The van der Waals surface area contributed by atoms with Crippen LogP contribution in [-0.4, -0.2) is 25.1 Å². The third-order valence-electron chi connectivity index (χ3n) is 3.91. The minimum atomic E-state index is -0.389. The molecule has 0 saturated heterocycles. The highest BCUT2D eigenvalue weighted by Crippen LogP contribution is 2.23. The number of aromatic nitrogens is 5. The van der Waals surface area contributed by atoms with Gasteiger partial charge in [0.25, 0.3) is 5.89 Å². The smallest absolute Gasteiger partial charge is 0.258 e. The lowest BCUT2D eigenvalue weighted by Gasteiger charge is -2.03. The van der Waals surface area contributed by atoms with Crippen LogP contribution in [0.2, 0.25) is 0 Å². The molecule has 0 aliphatic heterocycles. The van der Waals surface area contributed by atoms with Gasteiger partial charge in [-0.15, -0.1) is 5.10 Å². The fourth-order valence-electron chi connectivity index (χ4n) is 2.58. The largest absolute Gasteiger partial charge is 0.334 e. The highest BCUT2D eigenvalue weighted by molar-refractivity contribution is 5.58. The summed E-state index contributed by atoms with van der Waals surface area (Å²) in [6.45, 7) is 2.18. The van der Waals surface area contributed by atoms with Crippen LogP contribution in [0.15, 0.2) is 53.1 Å². The molecule has 0 atom stereocenters. The first-order valence-corrected chi connectivity index (χ1v) is 7.85. The lowest BCUT2D eigenvalue weighted by molar-refractivity contribution is 0.431. The normalized spacial score (nSPS) is 11.0. The van der Waals surface area contributed by atoms with Crippen LogP contribution < -0.4 is 0 Å². The van der Waals surface area contributed by atoms with Gasteiger partial charge in [0.1, 0.15) is 11.6 Å². The molecule has 0 aliphatic rings. The van der Waals surface area contributed by atoms with Gasteiger partial charge < -0.3 is 4.52 Å². The molecule has 0 amide bonds. The summed E-state index contributed by atoms with van der Waals surface area (Å²) in [7, 11) is 0. The van der Waals surface area contributed by atoms with Gasteiger partial charge in [-0.05, 0) is 42.8 Å². The van der Waals surface area contributed by atoms with Crippen LogP contribution in [0.3, 0.4) is 0 Å². The van der Waals surface area contributed by atoms with Crippen LogP contribution in [0.25, 0.3) is 23.0 Å². The molecule has 2 aromatic carbocycles. The molecule has 130 valence electrons. The average molecular weight is 353 g/mol. The molecule has 4 rings (SSSR count). The summed E-state index contributed by atoms with van der Waals surface area (Å²) in [4.78, 5) is 4.27. The molecule has 0 saturated carbocycles. The minimum absolute atomic E-state index is 0.193. The number of nitrogens with zero attached hydrogens (tertiary/aromatic N) is 5. The van der Waals surface area contributed by atoms with Gasteiger partial charge in [-0.1, -0.05) is 28.6 Å². The molecular formula is C18H13F2N5O. The molecule has 0 radical (unpaired) electrons. The lowest BCUT2D eigenvalue weighted by Crippen LogP contribution is -2.04. The lowest BCUT2D eigenvalue weighted by atomic mass is 10.2. The van der Waals surface area contributed by atoms with Crippen LogP contribution in [-0.2, 0) is 6.54 Å². The van der Waals surface area contributed by atoms with E-state index < -0.39 is 0 Å². The molecular weight excluding hydrogens is 340 g/mol. The fraction of sp³-hybridized carbons (Fsp3) is 0.111. The molecule has 26 heavy (non-hydrogen) atoms. The Morgan fingerprint density at radius 2 is 1.81 bits per heavy atom. The van der Waals surface area contributed by atoms with Crippen molar-refractivity contribution in [3.63, 3.8) is 0 Å². The standard InChI is InChI=1S/C18H13F2N5O/c1-11-16(22-24-25(11)10-12-4-2-6-14(19)8-12)17-21-18(26-23-17)13-5-3-7-15(20)9-13/h2-9H,10H2,1H3. The van der Waals surface area contributed by atoms with Crippen molar-refractivity contribution in [1.82, 2.24) is 25.1 Å². The zero-order valence-electron chi connectivity index (χ0n) is 13.7. The number of halogens is 2. The van der Waals surface area contributed by atoms with Crippen molar-refractivity contribution >= 4 is 0 Å². The second-order valence-electron chi connectivity index (χ2n) is 5.74. The van der Waals surface area contributed by atoms with Crippen molar-refractivity contribution in [1.29, 1.82) is 0 Å². The highest BCUT2D eigenvalue weighted by Gasteiger charge is 2.18. The monoisotopic (exact) mass is 353 g/mol. The van der Waals surface area contributed by atoms with Crippen molar-refractivity contribution in [2.24, 2.45) is 0 Å². The van der Waals surface area contributed by atoms with Crippen molar-refractivity contribution in [3.8, 4) is 23.0 Å². The zero-order valence-corrected chi connectivity index (χ0v) is 13.7. The van der Waals surface area contributed by atoms with Crippen LogP contribution in [0, 0.1) is 18.6 Å². The maximum atomic E-state index is 13.3. The van der Waals surface area contributed by atoms with E-state index in [0.717, 1.165) is 5.56 Å². The number of rotatable bonds is 4. The molecule has 0 fully saturated rings. The van der Waals surface area contributed by atoms with E-state index in [1.165, 1.54) is 24.3 Å². The van der Waals surface area contributed by atoms with Gasteiger partial charge in [-0.3, -0.25) is 0 Å². The first-order chi connectivity index (χ1) is 12.6. The molecule has 2 heterocycles. The third kappa shape index (κ3) is 3.08. The summed E-state index contributed by atoms with van der Waals surface area (Å²) in [5, 5.41) is 12.1. The van der Waals surface area contributed by atoms with E-state index in [-0.39, 0.29) is 23.3 Å². The quantitative estimate of drug-likeness (QED) is 0.560. The Kier molecular flexibility index (Phi) is 4.00. The zero-order chi connectivity index (χ0) is 18.1. The van der Waals surface area contributed by atoms with E-state index in [0.29, 0.717) is 23.5 Å². The number of hydrogen-bond acceptors (Lipinski definition) is 5. The second kappa shape index (κ2) is 6.47. The Hall–Kier alpha value is -3.42. The Balaban J connectivity index is 1.62. The van der Waals surface area contributed by atoms with Gasteiger partial charge in [0.15, 0.2) is 5.69 Å². The van der Waals surface area contributed by atoms with Crippen molar-refractivity contribution in [2.45, 2.75) is 13.5 Å². The van der Waals surface area contributed by atoms with E-state index in [9.17, 15) is 8.78 Å². The second-order valence-corrected chi connectivity index (χ2v) is 5.74. The van der Waals surface area contributed by atoms with E-state index in [2.05, 4.69) is 20.5 Å². The molecule has 0 aliphatic carbocycles. The Labute approximate surface area is 147 Å². The molecule has 8 heteroatoms. The summed E-state index contributed by atoms with van der Waals surface area (Å²) in [5.74, 6) is -0.247. The predicted molar refractivity (Wildman–Crippen MR) is 88.9 cm³/mol. The summed E-state index contributed by atoms with van der Waals surface area (Å²) < 4.78 is 33.5. The highest BCUT2D eigenvalue weighted by atomic mass is 19.1. The topological polar surface area (TPSA) is 69.6 Å². The van der Waals surface area contributed by atoms with E-state index in [1.54, 1.807) is 28.9 Å². The summed E-state index contributed by atoms with van der Waals surface area (Å²) >= 11 is 0. The van der Waals surface area contributed by atoms with Gasteiger partial charge in [-0.25, -0.2) is 13.5 Å². The Bertz CT molecular complexity index is 1070. The molecule has 2 aromatic heterocycles. The molecule has 0 N–H and O–H groups in total. The third-order valence-corrected chi connectivity index (χ3v) is 3.91. The van der Waals surface area contributed by atoms with Crippen LogP contribution in [0.5, 0.6) is 0 Å². The van der Waals surface area contributed by atoms with Gasteiger partial charge >= 0.3 is 0 Å². The molecule has 0 spiro atoms. The fourth-order valence-corrected chi connectivity index (χ4v) is 2.58. The molecule has 6 nitrogen and oxygen atoms in total. The SMILES string of the molecule is Cc1c(-c2noc(-c3cccc(F)c3)n2)nnn1Cc1cccc(F)c1. The van der Waals surface area contributed by atoms with Gasteiger partial charge in [0, 0.05) is 5.56 Å². The van der Waals surface area contributed by atoms with Gasteiger partial charge in [0.05, 0.1) is 12.2 Å². The summed E-state index contributed by atoms with van der Waals surface area (Å²) in [6, 6.07) is 12.2. The summed E-state index contributed by atoms with van der Waals surface area (Å²) in [6.07, 6.45) is 0. The van der Waals surface area contributed by atoms with E-state index in [4.69, 9.17) is 4.52 Å². The van der Waals surface area contributed by atoms with Gasteiger partial charge in [0.2, 0.25) is 5.82 Å². The van der Waals surface area contributed by atoms with Crippen molar-refractivity contribution < 1.29 is 13.3 Å². The summed E-state index contributed by atoms with van der Waals surface area (Å²) in [5.41, 5.74) is 2.40. The number of benzene rings is 2. The molecule has 0 bridgehead atoms. The maximum absolute atomic E-state index is 13.3. The van der Waals surface area contributed by atoms with Gasteiger partial charge in [-0.2, -0.15) is 4.98 Å². The van der Waals surface area contributed by atoms with E-state index >= 15 is 0 Å². The Morgan fingerprint density at radius 3 is 2.58 bits per heavy atom. The first kappa shape index (κ1) is 16.1. The first-order valence-electron chi connectivity index (χ1n) is 7.85. The number of hydrogen-bond donors (Lipinski definition) is 0. The predicted octanol–water partition coefficient (Wildman–Crippen LogP) is 3.63. The molecule has 0 unspecified atom stereocenters. The van der Waals surface area contributed by atoms with E-state index in [1.807, 2.05) is 6.92 Å². The van der Waals surface area contributed by atoms with Crippen molar-refractivity contribution in [2.75, 3.05) is 0 Å². The van der Waals surface area contributed by atoms with Crippen LogP contribution >= 0.6 is 0 Å². The minimum Gasteiger partial charge on any atom is -0.334 e. The van der Waals surface area contributed by atoms with Crippen molar-refractivity contribution in [3.05, 3.63) is 71.4 Å². The average Bonchev–Trinajstić information content (AvgIpc) is 3.23. The van der Waals surface area contributed by atoms with Crippen LogP contribution in [0.4, 0.5) is 8.78 Å². The molecule has 4 aromatic rings. The maximum Gasteiger partial charge on any atom is 0.258 e. The Morgan fingerprint density at radius 1 is 1.04 bits per heavy atom. The van der Waals surface area contributed by atoms with Crippen LogP contribution in [0.1, 0.15) is 11.3 Å².